The van der Waals surface area contributed by atoms with E-state index >= 15 is 0 Å². The first-order chi connectivity index (χ1) is 9.78. The van der Waals surface area contributed by atoms with Gasteiger partial charge < -0.3 is 10.1 Å². The van der Waals surface area contributed by atoms with Gasteiger partial charge in [-0.05, 0) is 13.0 Å². The van der Waals surface area contributed by atoms with Crippen LogP contribution < -0.4 is 10.1 Å². The third kappa shape index (κ3) is 2.50. The highest BCUT2D eigenvalue weighted by molar-refractivity contribution is 7.15. The topological polar surface area (TPSA) is 64.3 Å². The van der Waals surface area contributed by atoms with Gasteiger partial charge in [0.05, 0.1) is 12.8 Å². The normalized spacial score (nSPS) is 11.1. The van der Waals surface area contributed by atoms with E-state index in [0.29, 0.717) is 19.0 Å². The Morgan fingerprint density at radius 2 is 2.25 bits per heavy atom. The summed E-state index contributed by atoms with van der Waals surface area (Å²) in [6.45, 7) is 3.24. The van der Waals surface area contributed by atoms with Crippen LogP contribution in [0.2, 0.25) is 0 Å². The summed E-state index contributed by atoms with van der Waals surface area (Å²) in [7, 11) is 1.64. The number of methoxy groups -OCH3 is 1. The van der Waals surface area contributed by atoms with E-state index in [2.05, 4.69) is 20.3 Å². The minimum Gasteiger partial charge on any atom is -0.480 e. The van der Waals surface area contributed by atoms with Crippen LogP contribution in [0.4, 0.5) is 0 Å². The lowest BCUT2D eigenvalue weighted by Gasteiger charge is -2.05. The fraction of sp³-hybridized carbons (Fsp3) is 0.308. The zero-order valence-corrected chi connectivity index (χ0v) is 12.1. The van der Waals surface area contributed by atoms with Crippen molar-refractivity contribution in [2.45, 2.75) is 20.0 Å². The Bertz CT molecular complexity index is 720. The van der Waals surface area contributed by atoms with Crippen molar-refractivity contribution in [3.8, 4) is 5.88 Å². The Hall–Kier alpha value is -1.99. The number of hydrogen-bond donors (Lipinski definition) is 1. The number of thiazole rings is 1. The molecule has 0 radical (unpaired) electrons. The molecule has 0 aromatic carbocycles. The van der Waals surface area contributed by atoms with Crippen molar-refractivity contribution in [1.82, 2.24) is 24.7 Å². The molecule has 0 aliphatic carbocycles. The second-order valence-electron chi connectivity index (χ2n) is 4.32. The molecule has 0 amide bonds. The quantitative estimate of drug-likeness (QED) is 0.776. The maximum atomic E-state index is 5.32. The Balaban J connectivity index is 1.72. The predicted molar refractivity (Wildman–Crippen MR) is 76.9 cm³/mol. The maximum Gasteiger partial charge on any atom is 0.237 e. The molecule has 0 aliphatic rings. The van der Waals surface area contributed by atoms with Crippen LogP contribution in [0.1, 0.15) is 17.2 Å². The highest BCUT2D eigenvalue weighted by Gasteiger charge is 2.13. The van der Waals surface area contributed by atoms with Crippen molar-refractivity contribution >= 4 is 16.3 Å². The van der Waals surface area contributed by atoms with Crippen molar-refractivity contribution in [2.24, 2.45) is 0 Å². The molecule has 0 bridgehead atoms. The molecule has 0 fully saturated rings. The van der Waals surface area contributed by atoms with Crippen molar-refractivity contribution in [2.75, 3.05) is 7.11 Å². The van der Waals surface area contributed by atoms with E-state index in [1.807, 2.05) is 29.0 Å². The van der Waals surface area contributed by atoms with Crippen molar-refractivity contribution in [1.29, 1.82) is 0 Å². The van der Waals surface area contributed by atoms with Crippen LogP contribution >= 0.6 is 11.3 Å². The van der Waals surface area contributed by atoms with Gasteiger partial charge in [0, 0.05) is 30.9 Å². The van der Waals surface area contributed by atoms with Gasteiger partial charge in [0.1, 0.15) is 11.5 Å². The largest absolute Gasteiger partial charge is 0.480 e. The molecule has 0 saturated heterocycles. The Morgan fingerprint density at radius 1 is 1.35 bits per heavy atom. The number of ether oxygens (including phenoxy) is 1. The fourth-order valence-electron chi connectivity index (χ4n) is 2.05. The monoisotopic (exact) mass is 289 g/mol. The first-order valence-electron chi connectivity index (χ1n) is 6.25. The minimum atomic E-state index is 0.670. The lowest BCUT2D eigenvalue weighted by atomic mass is 10.3. The molecular weight excluding hydrogens is 274 g/mol. The molecule has 3 heterocycles. The van der Waals surface area contributed by atoms with E-state index in [1.54, 1.807) is 24.6 Å². The van der Waals surface area contributed by atoms with E-state index in [9.17, 15) is 0 Å². The van der Waals surface area contributed by atoms with Crippen LogP contribution in [0.15, 0.2) is 23.8 Å². The number of aryl methyl sites for hydroxylation is 1. The number of nitrogens with one attached hydrogen (secondary N) is 1. The molecule has 0 spiro atoms. The zero-order chi connectivity index (χ0) is 13.9. The van der Waals surface area contributed by atoms with E-state index in [1.165, 1.54) is 0 Å². The highest BCUT2D eigenvalue weighted by atomic mass is 32.1. The van der Waals surface area contributed by atoms with Crippen LogP contribution in [0.25, 0.3) is 4.96 Å². The van der Waals surface area contributed by atoms with Gasteiger partial charge in [-0.15, -0.1) is 11.3 Å². The summed E-state index contributed by atoms with van der Waals surface area (Å²) in [5.74, 6) is 1.45. The summed E-state index contributed by atoms with van der Waals surface area (Å²) in [6, 6.07) is 1.91. The number of aromatic nitrogens is 4. The van der Waals surface area contributed by atoms with Gasteiger partial charge in [0.2, 0.25) is 5.88 Å². The summed E-state index contributed by atoms with van der Waals surface area (Å²) in [5, 5.41) is 5.37. The van der Waals surface area contributed by atoms with E-state index in [0.717, 1.165) is 22.2 Å². The molecule has 0 aliphatic heterocycles. The third-order valence-corrected chi connectivity index (χ3v) is 3.71. The van der Waals surface area contributed by atoms with Crippen LogP contribution in [0.3, 0.4) is 0 Å². The standard InChI is InChI=1S/C13H15N5OS/c1-9-15-4-3-10(16-9)7-14-8-11-12(19-2)17-13-18(11)5-6-20-13/h3-6,14H,7-8H2,1-2H3. The lowest BCUT2D eigenvalue weighted by molar-refractivity contribution is 0.392. The highest BCUT2D eigenvalue weighted by Crippen LogP contribution is 2.22. The molecule has 3 aromatic rings. The number of rotatable bonds is 5. The van der Waals surface area contributed by atoms with E-state index in [4.69, 9.17) is 4.74 Å². The average Bonchev–Trinajstić information content (AvgIpc) is 3.00. The first kappa shape index (κ1) is 13.0. The second kappa shape index (κ2) is 5.56. The Morgan fingerprint density at radius 3 is 3.05 bits per heavy atom. The molecule has 0 atom stereocenters. The molecule has 1 N–H and O–H groups in total. The molecular formula is C13H15N5OS. The van der Waals surface area contributed by atoms with E-state index < -0.39 is 0 Å². The summed E-state index contributed by atoms with van der Waals surface area (Å²) < 4.78 is 7.36. The van der Waals surface area contributed by atoms with Gasteiger partial charge in [-0.1, -0.05) is 0 Å². The summed E-state index contributed by atoms with van der Waals surface area (Å²) >= 11 is 1.59. The third-order valence-electron chi connectivity index (χ3n) is 2.95. The van der Waals surface area contributed by atoms with Crippen LogP contribution in [0.5, 0.6) is 5.88 Å². The molecule has 0 saturated carbocycles. The van der Waals surface area contributed by atoms with E-state index in [-0.39, 0.29) is 0 Å². The van der Waals surface area contributed by atoms with Crippen LogP contribution in [-0.2, 0) is 13.1 Å². The van der Waals surface area contributed by atoms with Crippen molar-refractivity contribution in [3.63, 3.8) is 0 Å². The molecule has 0 unspecified atom stereocenters. The first-order valence-corrected chi connectivity index (χ1v) is 7.13. The summed E-state index contributed by atoms with van der Waals surface area (Å²) in [5.41, 5.74) is 2.00. The predicted octanol–water partition coefficient (Wildman–Crippen LogP) is 1.79. The molecule has 7 heteroatoms. The summed E-state index contributed by atoms with van der Waals surface area (Å²) in [6.07, 6.45) is 3.77. The second-order valence-corrected chi connectivity index (χ2v) is 5.20. The molecule has 3 rings (SSSR count). The van der Waals surface area contributed by atoms with Gasteiger partial charge in [0.25, 0.3) is 0 Å². The summed E-state index contributed by atoms with van der Waals surface area (Å²) in [4.78, 5) is 13.8. The van der Waals surface area contributed by atoms with Gasteiger partial charge in [-0.25, -0.2) is 9.97 Å². The van der Waals surface area contributed by atoms with Crippen LogP contribution in [-0.4, -0.2) is 26.5 Å². The number of imidazole rings is 1. The fourth-order valence-corrected chi connectivity index (χ4v) is 2.77. The Labute approximate surface area is 120 Å². The number of nitrogens with zero attached hydrogens (tertiary/aromatic N) is 4. The van der Waals surface area contributed by atoms with Gasteiger partial charge in [-0.3, -0.25) is 4.40 Å². The van der Waals surface area contributed by atoms with Gasteiger partial charge in [0.15, 0.2) is 4.96 Å². The Kier molecular flexibility index (Phi) is 3.62. The van der Waals surface area contributed by atoms with Crippen molar-refractivity contribution < 1.29 is 4.74 Å². The SMILES string of the molecule is COc1nc2sccn2c1CNCc1ccnc(C)n1. The van der Waals surface area contributed by atoms with Crippen molar-refractivity contribution in [3.05, 3.63) is 41.1 Å². The maximum absolute atomic E-state index is 5.32. The molecule has 104 valence electrons. The minimum absolute atomic E-state index is 0.670. The number of fused-ring (bicyclic) bond motifs is 1. The smallest absolute Gasteiger partial charge is 0.237 e. The van der Waals surface area contributed by atoms with Crippen LogP contribution in [0, 0.1) is 6.92 Å². The number of hydrogen-bond acceptors (Lipinski definition) is 6. The molecule has 6 nitrogen and oxygen atoms in total. The lowest BCUT2D eigenvalue weighted by Crippen LogP contribution is -2.15. The van der Waals surface area contributed by atoms with Gasteiger partial charge in [-0.2, -0.15) is 4.98 Å². The molecule has 3 aromatic heterocycles. The molecule has 20 heavy (non-hydrogen) atoms. The van der Waals surface area contributed by atoms with Gasteiger partial charge >= 0.3 is 0 Å². The zero-order valence-electron chi connectivity index (χ0n) is 11.3. The average molecular weight is 289 g/mol.